The van der Waals surface area contributed by atoms with Crippen LogP contribution in [0.1, 0.15) is 41.4 Å². The van der Waals surface area contributed by atoms with Gasteiger partial charge >= 0.3 is 12.1 Å². The first kappa shape index (κ1) is 34.3. The van der Waals surface area contributed by atoms with Crippen LogP contribution in [0.25, 0.3) is 11.4 Å². The lowest BCUT2D eigenvalue weighted by molar-refractivity contribution is -0.138. The molecule has 0 bridgehead atoms. The number of aliphatic carboxylic acids is 1. The van der Waals surface area contributed by atoms with E-state index in [2.05, 4.69) is 27.8 Å². The van der Waals surface area contributed by atoms with Crippen LogP contribution >= 0.6 is 0 Å². The first-order valence-corrected chi connectivity index (χ1v) is 15.3. The molecule has 4 N–H and O–H groups in total. The number of carboxylic acids is 1. The standard InChI is InChI=1S/C32H36N6O6.CH2O2/c1-2-44-32(43)38-16-14-37(15-17-38)31(42)25(12-13-28(39)40)35-30(41)26-20-27(36-29(34-26)21-8-4-3-5-9-21)33-24-18-22-10-6-7-11-23(22)19-24;2-1-3/h3-11,20,24-25H,2,12-19H2,1H3,(H,35,41)(H,39,40)(H,33,34,36);1H,(H,2,3)/t25-;/m0./s1. The second-order valence-electron chi connectivity index (χ2n) is 10.9. The minimum absolute atomic E-state index is 0.0529. The van der Waals surface area contributed by atoms with Crippen molar-refractivity contribution in [1.29, 1.82) is 0 Å². The third-order valence-electron chi connectivity index (χ3n) is 7.76. The average molecular weight is 647 g/mol. The number of nitrogens with zero attached hydrogens (tertiary/aromatic N) is 4. The molecule has 2 aromatic carbocycles. The molecule has 1 saturated heterocycles. The van der Waals surface area contributed by atoms with Crippen molar-refractivity contribution < 1.29 is 38.9 Å². The number of carbonyl (C=O) groups excluding carboxylic acids is 3. The zero-order valence-electron chi connectivity index (χ0n) is 26.0. The van der Waals surface area contributed by atoms with Crippen LogP contribution in [0.3, 0.4) is 0 Å². The highest BCUT2D eigenvalue weighted by Crippen LogP contribution is 2.25. The number of ether oxygens (including phenoxy) is 1. The van der Waals surface area contributed by atoms with Crippen molar-refractivity contribution in [2.24, 2.45) is 0 Å². The molecular weight excluding hydrogens is 608 g/mol. The van der Waals surface area contributed by atoms with Crippen LogP contribution in [0, 0.1) is 0 Å². The SMILES string of the molecule is CCOC(=O)N1CCN(C(=O)[C@H](CCC(=O)O)NC(=O)c2cc(NC3Cc4ccccc4C3)nc(-c3ccccc3)n2)CC1.O=CO. The van der Waals surface area contributed by atoms with Gasteiger partial charge in [-0.05, 0) is 37.3 Å². The van der Waals surface area contributed by atoms with Gasteiger partial charge in [0, 0.05) is 50.3 Å². The Morgan fingerprint density at radius 2 is 1.55 bits per heavy atom. The van der Waals surface area contributed by atoms with E-state index < -0.39 is 29.9 Å². The summed E-state index contributed by atoms with van der Waals surface area (Å²) in [6.07, 6.45) is 0.780. The Hall–Kier alpha value is -5.53. The van der Waals surface area contributed by atoms with Crippen LogP contribution in [-0.4, -0.2) is 105 Å². The number of carbonyl (C=O) groups is 5. The maximum atomic E-state index is 13.6. The number of rotatable bonds is 10. The van der Waals surface area contributed by atoms with Gasteiger partial charge in [-0.3, -0.25) is 19.2 Å². The second kappa shape index (κ2) is 16.7. The Bertz CT molecular complexity index is 1540. The van der Waals surface area contributed by atoms with E-state index in [0.29, 0.717) is 11.6 Å². The van der Waals surface area contributed by atoms with Crippen molar-refractivity contribution in [2.45, 2.75) is 44.7 Å². The van der Waals surface area contributed by atoms with Crippen molar-refractivity contribution >= 4 is 36.2 Å². The molecule has 2 heterocycles. The lowest BCUT2D eigenvalue weighted by Crippen LogP contribution is -2.56. The Balaban J connectivity index is 0.00000160. The number of hydrogen-bond acceptors (Lipinski definition) is 9. The number of aromatic nitrogens is 2. The molecule has 0 unspecified atom stereocenters. The lowest BCUT2D eigenvalue weighted by Gasteiger charge is -2.35. The first-order chi connectivity index (χ1) is 22.7. The summed E-state index contributed by atoms with van der Waals surface area (Å²) >= 11 is 0. The predicted octanol–water partition coefficient (Wildman–Crippen LogP) is 2.69. The molecule has 3 amide bonds. The zero-order chi connectivity index (χ0) is 33.8. The normalized spacial score (nSPS) is 14.6. The van der Waals surface area contributed by atoms with Crippen molar-refractivity contribution in [1.82, 2.24) is 25.1 Å². The summed E-state index contributed by atoms with van der Waals surface area (Å²) < 4.78 is 5.04. The molecule has 1 atom stereocenters. The van der Waals surface area contributed by atoms with Gasteiger partial charge in [0.15, 0.2) is 5.82 Å². The van der Waals surface area contributed by atoms with Crippen LogP contribution in [-0.2, 0) is 32.0 Å². The fourth-order valence-corrected chi connectivity index (χ4v) is 5.53. The monoisotopic (exact) mass is 646 g/mol. The molecule has 1 fully saturated rings. The molecule has 5 rings (SSSR count). The van der Waals surface area contributed by atoms with E-state index in [4.69, 9.17) is 19.6 Å². The summed E-state index contributed by atoms with van der Waals surface area (Å²) in [6, 6.07) is 18.1. The highest BCUT2D eigenvalue weighted by Gasteiger charge is 2.31. The summed E-state index contributed by atoms with van der Waals surface area (Å²) in [6.45, 7) is 2.75. The van der Waals surface area contributed by atoms with Crippen molar-refractivity contribution in [3.05, 3.63) is 77.5 Å². The zero-order valence-corrected chi connectivity index (χ0v) is 26.0. The number of amides is 3. The molecule has 1 aliphatic carbocycles. The maximum absolute atomic E-state index is 13.6. The van der Waals surface area contributed by atoms with Crippen LogP contribution in [0.4, 0.5) is 10.6 Å². The number of anilines is 1. The summed E-state index contributed by atoms with van der Waals surface area (Å²) in [5, 5.41) is 22.4. The van der Waals surface area contributed by atoms with Gasteiger partial charge in [0.05, 0.1) is 6.61 Å². The predicted molar refractivity (Wildman–Crippen MR) is 171 cm³/mol. The minimum Gasteiger partial charge on any atom is -0.483 e. The van der Waals surface area contributed by atoms with Gasteiger partial charge < -0.3 is 35.4 Å². The smallest absolute Gasteiger partial charge is 0.409 e. The van der Waals surface area contributed by atoms with Gasteiger partial charge in [-0.1, -0.05) is 54.6 Å². The Kier molecular flexibility index (Phi) is 12.2. The number of fused-ring (bicyclic) bond motifs is 1. The number of piperazine rings is 1. The highest BCUT2D eigenvalue weighted by molar-refractivity contribution is 5.97. The third-order valence-corrected chi connectivity index (χ3v) is 7.76. The van der Waals surface area contributed by atoms with Gasteiger partial charge in [-0.2, -0.15) is 0 Å². The topological polar surface area (TPSA) is 191 Å². The van der Waals surface area contributed by atoms with Crippen LogP contribution in [0.15, 0.2) is 60.7 Å². The number of hydrogen-bond donors (Lipinski definition) is 4. The van der Waals surface area contributed by atoms with Gasteiger partial charge in [0.1, 0.15) is 17.6 Å². The van der Waals surface area contributed by atoms with Crippen LogP contribution in [0.5, 0.6) is 0 Å². The minimum atomic E-state index is -1.09. The molecule has 0 radical (unpaired) electrons. The van der Waals surface area contributed by atoms with E-state index in [-0.39, 0.29) is 63.8 Å². The molecule has 2 aliphatic rings. The highest BCUT2D eigenvalue weighted by atomic mass is 16.6. The number of nitrogens with one attached hydrogen (secondary N) is 2. The van der Waals surface area contributed by atoms with Crippen LogP contribution in [0.2, 0.25) is 0 Å². The fraction of sp³-hybridized carbons (Fsp3) is 0.364. The van der Waals surface area contributed by atoms with E-state index in [1.54, 1.807) is 13.0 Å². The van der Waals surface area contributed by atoms with Crippen LogP contribution < -0.4 is 10.6 Å². The quantitative estimate of drug-likeness (QED) is 0.237. The molecule has 14 heteroatoms. The summed E-state index contributed by atoms with van der Waals surface area (Å²) in [4.78, 5) is 71.3. The maximum Gasteiger partial charge on any atom is 0.409 e. The number of benzene rings is 2. The molecule has 3 aromatic rings. The Morgan fingerprint density at radius 1 is 0.957 bits per heavy atom. The van der Waals surface area contributed by atoms with E-state index in [9.17, 15) is 24.3 Å². The largest absolute Gasteiger partial charge is 0.483 e. The average Bonchev–Trinajstić information content (AvgIpc) is 3.49. The van der Waals surface area contributed by atoms with E-state index in [1.807, 2.05) is 42.5 Å². The van der Waals surface area contributed by atoms with E-state index in [1.165, 1.54) is 20.9 Å². The lowest BCUT2D eigenvalue weighted by atomic mass is 10.1. The molecular formula is C33H38N6O8. The van der Waals surface area contributed by atoms with Crippen molar-refractivity contribution in [3.8, 4) is 11.4 Å². The number of carboxylic acid groups (broad SMARTS) is 2. The molecule has 1 aromatic heterocycles. The Morgan fingerprint density at radius 3 is 2.15 bits per heavy atom. The molecule has 248 valence electrons. The summed E-state index contributed by atoms with van der Waals surface area (Å²) in [7, 11) is 0. The fourth-order valence-electron chi connectivity index (χ4n) is 5.53. The molecule has 0 spiro atoms. The van der Waals surface area contributed by atoms with Gasteiger partial charge in [0.2, 0.25) is 5.91 Å². The van der Waals surface area contributed by atoms with E-state index >= 15 is 0 Å². The Labute approximate surface area is 271 Å². The second-order valence-corrected chi connectivity index (χ2v) is 10.9. The first-order valence-electron chi connectivity index (χ1n) is 15.3. The van der Waals surface area contributed by atoms with Gasteiger partial charge in [-0.25, -0.2) is 14.8 Å². The van der Waals surface area contributed by atoms with Gasteiger partial charge in [0.25, 0.3) is 12.4 Å². The molecule has 1 aliphatic heterocycles. The molecule has 0 saturated carbocycles. The summed E-state index contributed by atoms with van der Waals surface area (Å²) in [5.74, 6) is -1.29. The third kappa shape index (κ3) is 9.48. The van der Waals surface area contributed by atoms with Gasteiger partial charge in [-0.15, -0.1) is 0 Å². The van der Waals surface area contributed by atoms with Crippen molar-refractivity contribution in [2.75, 3.05) is 38.1 Å². The van der Waals surface area contributed by atoms with E-state index in [0.717, 1.165) is 18.4 Å². The molecule has 14 nitrogen and oxygen atoms in total. The van der Waals surface area contributed by atoms with Crippen molar-refractivity contribution in [3.63, 3.8) is 0 Å². The summed E-state index contributed by atoms with van der Waals surface area (Å²) in [5.41, 5.74) is 3.31. The molecule has 47 heavy (non-hydrogen) atoms.